The number of aldehydes is 1. The van der Waals surface area contributed by atoms with E-state index in [4.69, 9.17) is 10.4 Å². The first-order chi connectivity index (χ1) is 6.58. The monoisotopic (exact) mass is 204 g/mol. The van der Waals surface area contributed by atoms with Crippen molar-refractivity contribution in [3.05, 3.63) is 0 Å². The average Bonchev–Trinajstić information content (AvgIpc) is 2.18. The molecular weight excluding hydrogens is 188 g/mol. The molecule has 0 aromatic rings. The topological polar surface area (TPSA) is 98.7 Å². The quantitative estimate of drug-likeness (QED) is 0.325. The van der Waals surface area contributed by atoms with Gasteiger partial charge in [0.25, 0.3) is 0 Å². The number of hydrogen-bond donors (Lipinski definition) is 4. The normalized spacial score (nSPS) is 17.1. The van der Waals surface area contributed by atoms with Gasteiger partial charge in [-0.25, -0.2) is 0 Å². The van der Waals surface area contributed by atoms with Gasteiger partial charge in [-0.2, -0.15) is 11.0 Å². The van der Waals surface area contributed by atoms with Crippen LogP contribution in [0.25, 0.3) is 0 Å². The lowest BCUT2D eigenvalue weighted by atomic mass is 9.87. The molecule has 0 radical (unpaired) electrons. The summed E-state index contributed by atoms with van der Waals surface area (Å²) in [7, 11) is 0. The minimum absolute atomic E-state index is 0.164. The van der Waals surface area contributed by atoms with E-state index in [1.54, 1.807) is 19.3 Å². The van der Waals surface area contributed by atoms with Crippen molar-refractivity contribution in [2.45, 2.75) is 19.9 Å². The average molecular weight is 204 g/mol. The highest BCUT2D eigenvalue weighted by molar-refractivity contribution is 5.83. The van der Waals surface area contributed by atoms with Crippen LogP contribution >= 0.6 is 0 Å². The van der Waals surface area contributed by atoms with E-state index in [0.29, 0.717) is 6.29 Å². The van der Waals surface area contributed by atoms with Crippen molar-refractivity contribution in [2.24, 2.45) is 11.8 Å². The number of ketones is 1. The van der Waals surface area contributed by atoms with Gasteiger partial charge in [0.2, 0.25) is 0 Å². The Kier molecular flexibility index (Phi) is 6.22. The molecule has 3 atom stereocenters. The molecule has 0 rings (SSSR count). The molecule has 0 aromatic carbocycles. The molecule has 3 unspecified atom stereocenters. The Morgan fingerprint density at radius 2 is 2.00 bits per heavy atom. The summed E-state index contributed by atoms with van der Waals surface area (Å²) in [6, 6.07) is -0.771. The fourth-order valence-corrected chi connectivity index (χ4v) is 1.12. The largest absolute Gasteiger partial charge is 0.316 e. The number of hydrogen-bond acceptors (Lipinski definition) is 6. The molecule has 0 amide bonds. The lowest BCUT2D eigenvalue weighted by Crippen LogP contribution is -2.41. The van der Waals surface area contributed by atoms with E-state index >= 15 is 0 Å². The maximum absolute atomic E-state index is 11.3. The Labute approximate surface area is 82.2 Å². The van der Waals surface area contributed by atoms with Crippen LogP contribution in [0.2, 0.25) is 0 Å². The molecule has 0 saturated carbocycles. The molecular formula is C8H16N2O4. The third-order valence-electron chi connectivity index (χ3n) is 2.41. The fraction of sp³-hybridized carbons (Fsp3) is 0.750. The van der Waals surface area contributed by atoms with Crippen molar-refractivity contribution < 1.29 is 20.0 Å². The highest BCUT2D eigenvalue weighted by atomic mass is 16.5. The Hall–Kier alpha value is -0.820. The molecule has 0 aliphatic rings. The van der Waals surface area contributed by atoms with E-state index in [2.05, 4.69) is 0 Å². The standard InChI is InChI=1S/C8H16N2O4/c1-5(7(4-11)10-14)6(2)8(12)3-9-13/h4-7,9-10,13-14H,3H2,1-2H3. The van der Waals surface area contributed by atoms with E-state index in [1.807, 2.05) is 5.48 Å². The number of carbonyl (C=O) groups excluding carboxylic acids is 2. The summed E-state index contributed by atoms with van der Waals surface area (Å²) in [4.78, 5) is 21.7. The van der Waals surface area contributed by atoms with Crippen molar-refractivity contribution in [1.29, 1.82) is 0 Å². The van der Waals surface area contributed by atoms with Crippen LogP contribution in [0.15, 0.2) is 0 Å². The van der Waals surface area contributed by atoms with Crippen LogP contribution in [0.3, 0.4) is 0 Å². The molecule has 0 bridgehead atoms. The Bertz CT molecular complexity index is 198. The second-order valence-corrected chi connectivity index (χ2v) is 3.24. The van der Waals surface area contributed by atoms with Crippen LogP contribution in [-0.4, -0.2) is 35.1 Å². The van der Waals surface area contributed by atoms with Gasteiger partial charge >= 0.3 is 0 Å². The molecule has 0 aliphatic carbocycles. The van der Waals surface area contributed by atoms with Crippen LogP contribution in [0, 0.1) is 11.8 Å². The molecule has 14 heavy (non-hydrogen) atoms. The van der Waals surface area contributed by atoms with Gasteiger partial charge in [-0.15, -0.1) is 0 Å². The van der Waals surface area contributed by atoms with E-state index < -0.39 is 12.0 Å². The van der Waals surface area contributed by atoms with Gasteiger partial charge in [-0.3, -0.25) is 4.79 Å². The highest BCUT2D eigenvalue weighted by Crippen LogP contribution is 2.14. The molecule has 4 N–H and O–H groups in total. The summed E-state index contributed by atoms with van der Waals surface area (Å²) in [6.45, 7) is 3.14. The second-order valence-electron chi connectivity index (χ2n) is 3.24. The van der Waals surface area contributed by atoms with E-state index in [9.17, 15) is 9.59 Å². The summed E-state index contributed by atoms with van der Waals surface area (Å²) in [5.74, 6) is -0.982. The Morgan fingerprint density at radius 1 is 1.43 bits per heavy atom. The lowest BCUT2D eigenvalue weighted by Gasteiger charge is -2.22. The summed E-state index contributed by atoms with van der Waals surface area (Å²) >= 11 is 0. The van der Waals surface area contributed by atoms with Crippen LogP contribution < -0.4 is 11.0 Å². The van der Waals surface area contributed by atoms with Gasteiger partial charge in [-0.1, -0.05) is 13.8 Å². The number of nitrogens with one attached hydrogen (secondary N) is 2. The predicted molar refractivity (Wildman–Crippen MR) is 47.9 cm³/mol. The van der Waals surface area contributed by atoms with Crippen molar-refractivity contribution in [1.82, 2.24) is 11.0 Å². The molecule has 6 heteroatoms. The second kappa shape index (κ2) is 6.61. The SMILES string of the molecule is CC(C(=O)CNO)C(C)C(C=O)NO. The van der Waals surface area contributed by atoms with Crippen molar-refractivity contribution in [3.63, 3.8) is 0 Å². The molecule has 0 heterocycles. The van der Waals surface area contributed by atoms with Gasteiger partial charge in [0, 0.05) is 5.92 Å². The summed E-state index contributed by atoms with van der Waals surface area (Å²) in [5.41, 5.74) is 3.58. The van der Waals surface area contributed by atoms with Gasteiger partial charge in [0.05, 0.1) is 12.6 Å². The van der Waals surface area contributed by atoms with Gasteiger partial charge in [-0.05, 0) is 5.92 Å². The zero-order valence-electron chi connectivity index (χ0n) is 8.23. The number of hydroxylamine groups is 2. The number of rotatable bonds is 7. The minimum atomic E-state index is -0.771. The maximum atomic E-state index is 11.3. The Morgan fingerprint density at radius 3 is 2.36 bits per heavy atom. The molecule has 0 spiro atoms. The highest BCUT2D eigenvalue weighted by Gasteiger charge is 2.26. The molecule has 0 aliphatic heterocycles. The summed E-state index contributed by atoms with van der Waals surface area (Å²) in [6.07, 6.45) is 0.542. The molecule has 6 nitrogen and oxygen atoms in total. The predicted octanol–water partition coefficient (Wildman–Crippen LogP) is -0.647. The molecule has 0 fully saturated rings. The molecule has 0 aromatic heterocycles. The van der Waals surface area contributed by atoms with Crippen molar-refractivity contribution in [2.75, 3.05) is 6.54 Å². The third-order valence-corrected chi connectivity index (χ3v) is 2.41. The smallest absolute Gasteiger partial charge is 0.152 e. The molecule has 0 saturated heterocycles. The van der Waals surface area contributed by atoms with Gasteiger partial charge < -0.3 is 15.2 Å². The summed E-state index contributed by atoms with van der Waals surface area (Å²) < 4.78 is 0. The van der Waals surface area contributed by atoms with E-state index in [1.165, 1.54) is 0 Å². The van der Waals surface area contributed by atoms with Crippen LogP contribution in [0.5, 0.6) is 0 Å². The Balaban J connectivity index is 4.28. The fourth-order valence-electron chi connectivity index (χ4n) is 1.12. The minimum Gasteiger partial charge on any atom is -0.316 e. The molecule has 82 valence electrons. The first-order valence-corrected chi connectivity index (χ1v) is 4.33. The van der Waals surface area contributed by atoms with Crippen LogP contribution in [0.4, 0.5) is 0 Å². The van der Waals surface area contributed by atoms with E-state index in [-0.39, 0.29) is 18.2 Å². The van der Waals surface area contributed by atoms with E-state index in [0.717, 1.165) is 0 Å². The lowest BCUT2D eigenvalue weighted by molar-refractivity contribution is -0.126. The maximum Gasteiger partial charge on any atom is 0.152 e. The first-order valence-electron chi connectivity index (χ1n) is 4.33. The van der Waals surface area contributed by atoms with Crippen molar-refractivity contribution in [3.8, 4) is 0 Å². The number of Topliss-reactive ketones (excluding diaryl/α,β-unsaturated/α-hetero) is 1. The van der Waals surface area contributed by atoms with Crippen LogP contribution in [0.1, 0.15) is 13.8 Å². The van der Waals surface area contributed by atoms with Gasteiger partial charge in [0.1, 0.15) is 6.29 Å². The zero-order valence-corrected chi connectivity index (χ0v) is 8.23. The van der Waals surface area contributed by atoms with Crippen LogP contribution in [-0.2, 0) is 9.59 Å². The zero-order chi connectivity index (χ0) is 11.1. The van der Waals surface area contributed by atoms with Gasteiger partial charge in [0.15, 0.2) is 5.78 Å². The first kappa shape index (κ1) is 13.2. The van der Waals surface area contributed by atoms with Crippen molar-refractivity contribution >= 4 is 12.1 Å². The number of carbonyl (C=O) groups is 2. The summed E-state index contributed by atoms with van der Waals surface area (Å²) in [5, 5.41) is 16.9. The third kappa shape index (κ3) is 3.51.